The van der Waals surface area contributed by atoms with Crippen molar-refractivity contribution in [2.24, 2.45) is 5.92 Å². The number of unbranched alkanes of at least 4 members (excludes halogenated alkanes) is 1. The number of carbonyl (C=O) groups is 1. The summed E-state index contributed by atoms with van der Waals surface area (Å²) in [6, 6.07) is 19.0. The highest BCUT2D eigenvalue weighted by Gasteiger charge is 2.22. The maximum Gasteiger partial charge on any atom is 0.251 e. The average molecular weight is 362 g/mol. The van der Waals surface area contributed by atoms with E-state index in [2.05, 4.69) is 54.7 Å². The largest absolute Gasteiger partial charge is 0.349 e. The lowest BCUT2D eigenvalue weighted by Gasteiger charge is -2.29. The summed E-state index contributed by atoms with van der Waals surface area (Å²) in [5.74, 6) is 0.806. The van der Waals surface area contributed by atoms with E-state index in [-0.39, 0.29) is 5.91 Å². The lowest BCUT2D eigenvalue weighted by molar-refractivity contribution is 0.0922. The quantitative estimate of drug-likeness (QED) is 0.641. The van der Waals surface area contributed by atoms with Gasteiger partial charge in [0.1, 0.15) is 0 Å². The fourth-order valence-corrected chi connectivity index (χ4v) is 3.86. The summed E-state index contributed by atoms with van der Waals surface area (Å²) in [7, 11) is 0. The highest BCUT2D eigenvalue weighted by atomic mass is 16.1. The molecule has 2 nitrogen and oxygen atoms in total. The summed E-state index contributed by atoms with van der Waals surface area (Å²) in [5, 5.41) is 3.23. The average Bonchev–Trinajstić information content (AvgIpc) is 2.71. The predicted octanol–water partition coefficient (Wildman–Crippen LogP) is 6.03. The van der Waals surface area contributed by atoms with Gasteiger partial charge in [0.25, 0.3) is 5.91 Å². The van der Waals surface area contributed by atoms with Crippen LogP contribution in [0.5, 0.6) is 0 Å². The Labute approximate surface area is 163 Å². The van der Waals surface area contributed by atoms with Crippen LogP contribution in [0.4, 0.5) is 0 Å². The zero-order valence-corrected chi connectivity index (χ0v) is 16.4. The number of amides is 1. The topological polar surface area (TPSA) is 29.1 Å². The molecule has 2 aromatic rings. The molecule has 0 aromatic heterocycles. The zero-order valence-electron chi connectivity index (χ0n) is 16.4. The van der Waals surface area contributed by atoms with Crippen LogP contribution in [0.25, 0.3) is 6.08 Å². The molecule has 142 valence electrons. The van der Waals surface area contributed by atoms with Crippen LogP contribution < -0.4 is 5.32 Å². The lowest BCUT2D eigenvalue weighted by Crippen LogP contribution is -2.37. The van der Waals surface area contributed by atoms with Gasteiger partial charge < -0.3 is 5.32 Å². The van der Waals surface area contributed by atoms with Gasteiger partial charge in [0, 0.05) is 11.6 Å². The smallest absolute Gasteiger partial charge is 0.251 e. The van der Waals surface area contributed by atoms with Gasteiger partial charge in [0.05, 0.1) is 0 Å². The molecule has 0 saturated heterocycles. The Kier molecular flexibility index (Phi) is 7.27. The standard InChI is InChI=1S/C25H31NO/c1-2-3-5-8-20-11-15-23(16-12-20)25(27)26-24-17-13-22(14-18-24)19-21-9-6-4-7-10-21/h4-12,15-16,22,24H,2-3,13-14,17-19H2,1H3,(H,26,27)/b8-5+. The van der Waals surface area contributed by atoms with Crippen molar-refractivity contribution in [1.29, 1.82) is 0 Å². The number of hydrogen-bond acceptors (Lipinski definition) is 1. The lowest BCUT2D eigenvalue weighted by atomic mass is 9.82. The van der Waals surface area contributed by atoms with Crippen LogP contribution in [0.1, 0.15) is 66.9 Å². The molecule has 1 aliphatic carbocycles. The summed E-state index contributed by atoms with van der Waals surface area (Å²) in [5.41, 5.74) is 3.34. The molecule has 1 amide bonds. The van der Waals surface area contributed by atoms with Crippen molar-refractivity contribution in [2.45, 2.75) is 57.9 Å². The molecule has 3 rings (SSSR count). The minimum Gasteiger partial charge on any atom is -0.349 e. The molecule has 0 aliphatic heterocycles. The third kappa shape index (κ3) is 6.09. The Morgan fingerprint density at radius 2 is 1.70 bits per heavy atom. The third-order valence-electron chi connectivity index (χ3n) is 5.49. The van der Waals surface area contributed by atoms with E-state index in [4.69, 9.17) is 0 Å². The van der Waals surface area contributed by atoms with Gasteiger partial charge in [-0.15, -0.1) is 0 Å². The summed E-state index contributed by atoms with van der Waals surface area (Å²) in [6.45, 7) is 2.17. The summed E-state index contributed by atoms with van der Waals surface area (Å²) in [6.07, 6.45) is 12.3. The summed E-state index contributed by atoms with van der Waals surface area (Å²) in [4.78, 5) is 12.5. The molecule has 0 unspecified atom stereocenters. The molecule has 27 heavy (non-hydrogen) atoms. The van der Waals surface area contributed by atoms with Gasteiger partial charge in [-0.2, -0.15) is 0 Å². The Hall–Kier alpha value is -2.35. The molecule has 0 atom stereocenters. The van der Waals surface area contributed by atoms with Crippen LogP contribution in [0, 0.1) is 5.92 Å². The van der Waals surface area contributed by atoms with Crippen molar-refractivity contribution in [1.82, 2.24) is 5.32 Å². The minimum absolute atomic E-state index is 0.0607. The summed E-state index contributed by atoms with van der Waals surface area (Å²) < 4.78 is 0. The molecular weight excluding hydrogens is 330 g/mol. The maximum absolute atomic E-state index is 12.5. The van der Waals surface area contributed by atoms with Crippen LogP contribution in [-0.2, 0) is 6.42 Å². The fraction of sp³-hybridized carbons (Fsp3) is 0.400. The number of benzene rings is 2. The number of carbonyl (C=O) groups excluding carboxylic acids is 1. The molecule has 0 radical (unpaired) electrons. The van der Waals surface area contributed by atoms with Crippen LogP contribution in [0.15, 0.2) is 60.7 Å². The molecule has 1 aliphatic rings. The van der Waals surface area contributed by atoms with E-state index in [9.17, 15) is 4.79 Å². The number of hydrogen-bond donors (Lipinski definition) is 1. The second-order valence-electron chi connectivity index (χ2n) is 7.69. The highest BCUT2D eigenvalue weighted by Crippen LogP contribution is 2.27. The van der Waals surface area contributed by atoms with Gasteiger partial charge >= 0.3 is 0 Å². The first-order valence-corrected chi connectivity index (χ1v) is 10.4. The van der Waals surface area contributed by atoms with Gasteiger partial charge in [0.2, 0.25) is 0 Å². The molecule has 2 heteroatoms. The predicted molar refractivity (Wildman–Crippen MR) is 114 cm³/mol. The minimum atomic E-state index is 0.0607. The Morgan fingerprint density at radius 1 is 1.00 bits per heavy atom. The highest BCUT2D eigenvalue weighted by molar-refractivity contribution is 5.94. The van der Waals surface area contributed by atoms with Crippen LogP contribution in [0.2, 0.25) is 0 Å². The molecule has 1 saturated carbocycles. The van der Waals surface area contributed by atoms with Crippen molar-refractivity contribution in [3.05, 3.63) is 77.4 Å². The number of rotatable bonds is 7. The van der Waals surface area contributed by atoms with Gasteiger partial charge in [-0.25, -0.2) is 0 Å². The van der Waals surface area contributed by atoms with Crippen molar-refractivity contribution in [3.63, 3.8) is 0 Å². The number of allylic oxidation sites excluding steroid dienone is 1. The van der Waals surface area contributed by atoms with Gasteiger partial charge in [-0.1, -0.05) is 68.0 Å². The first-order valence-electron chi connectivity index (χ1n) is 10.4. The van der Waals surface area contributed by atoms with Crippen molar-refractivity contribution in [2.75, 3.05) is 0 Å². The van der Waals surface area contributed by atoms with Crippen LogP contribution in [0.3, 0.4) is 0 Å². The zero-order chi connectivity index (χ0) is 18.9. The Morgan fingerprint density at radius 3 is 2.37 bits per heavy atom. The first kappa shape index (κ1) is 19.4. The van der Waals surface area contributed by atoms with E-state index in [1.165, 1.54) is 18.4 Å². The van der Waals surface area contributed by atoms with Crippen LogP contribution in [-0.4, -0.2) is 11.9 Å². The summed E-state index contributed by atoms with van der Waals surface area (Å²) >= 11 is 0. The van der Waals surface area contributed by atoms with Crippen molar-refractivity contribution >= 4 is 12.0 Å². The van der Waals surface area contributed by atoms with E-state index in [1.54, 1.807) is 0 Å². The fourth-order valence-electron chi connectivity index (χ4n) is 3.86. The Bertz CT molecular complexity index is 725. The van der Waals surface area contributed by atoms with Gasteiger partial charge in [-0.05, 0) is 67.7 Å². The number of nitrogens with one attached hydrogen (secondary N) is 1. The maximum atomic E-state index is 12.5. The molecular formula is C25H31NO. The van der Waals surface area contributed by atoms with E-state index in [0.717, 1.165) is 49.1 Å². The second-order valence-corrected chi connectivity index (χ2v) is 7.69. The molecule has 2 aromatic carbocycles. The monoisotopic (exact) mass is 361 g/mol. The normalized spacial score (nSPS) is 19.9. The molecule has 0 heterocycles. The van der Waals surface area contributed by atoms with Gasteiger partial charge in [-0.3, -0.25) is 4.79 Å². The second kappa shape index (κ2) is 10.1. The third-order valence-corrected chi connectivity index (χ3v) is 5.49. The van der Waals surface area contributed by atoms with Gasteiger partial charge in [0.15, 0.2) is 0 Å². The molecule has 0 spiro atoms. The van der Waals surface area contributed by atoms with E-state index < -0.39 is 0 Å². The molecule has 1 N–H and O–H groups in total. The van der Waals surface area contributed by atoms with Crippen molar-refractivity contribution in [3.8, 4) is 0 Å². The van der Waals surface area contributed by atoms with E-state index in [1.807, 2.05) is 24.3 Å². The van der Waals surface area contributed by atoms with Crippen LogP contribution >= 0.6 is 0 Å². The van der Waals surface area contributed by atoms with E-state index >= 15 is 0 Å². The van der Waals surface area contributed by atoms with Crippen molar-refractivity contribution < 1.29 is 4.79 Å². The SMILES string of the molecule is CCC/C=C/c1ccc(C(=O)NC2CCC(Cc3ccccc3)CC2)cc1. The van der Waals surface area contributed by atoms with E-state index in [0.29, 0.717) is 6.04 Å². The molecule has 0 bridgehead atoms. The Balaban J connectivity index is 1.45. The molecule has 1 fully saturated rings. The first-order chi connectivity index (χ1) is 13.2.